The van der Waals surface area contributed by atoms with Crippen LogP contribution in [-0.2, 0) is 16.6 Å². The number of rotatable bonds is 11. The van der Waals surface area contributed by atoms with Crippen LogP contribution < -0.4 is 10.6 Å². The first-order chi connectivity index (χ1) is 20.9. The van der Waals surface area contributed by atoms with Crippen molar-refractivity contribution in [3.8, 4) is 11.1 Å². The van der Waals surface area contributed by atoms with E-state index in [0.29, 0.717) is 11.4 Å². The van der Waals surface area contributed by atoms with Crippen molar-refractivity contribution in [2.45, 2.75) is 64.5 Å². The van der Waals surface area contributed by atoms with Crippen molar-refractivity contribution < 1.29 is 27.6 Å². The first kappa shape index (κ1) is 32.5. The van der Waals surface area contributed by atoms with Gasteiger partial charge in [-0.2, -0.15) is 0 Å². The lowest BCUT2D eigenvalue weighted by Gasteiger charge is -2.22. The van der Waals surface area contributed by atoms with Crippen LogP contribution in [0, 0.1) is 11.6 Å². The van der Waals surface area contributed by atoms with Gasteiger partial charge in [0.2, 0.25) is 17.6 Å². The van der Waals surface area contributed by atoms with Crippen molar-refractivity contribution in [1.29, 1.82) is 0 Å². The monoisotopic (exact) mass is 622 g/mol. The fourth-order valence-corrected chi connectivity index (χ4v) is 4.73. The fraction of sp³-hybridized carbons (Fsp3) is 0.303. The number of ketones is 1. The smallest absolute Gasteiger partial charge is 0.286 e. The van der Waals surface area contributed by atoms with E-state index in [4.69, 9.17) is 16.0 Å². The summed E-state index contributed by atoms with van der Waals surface area (Å²) >= 11 is 6.29. The van der Waals surface area contributed by atoms with Gasteiger partial charge in [0.05, 0.1) is 6.04 Å². The molecule has 8 nitrogen and oxygen atoms in total. The second kappa shape index (κ2) is 13.9. The number of nitrogens with zero attached hydrogens (tertiary/aromatic N) is 2. The van der Waals surface area contributed by atoms with Crippen LogP contribution in [0.3, 0.4) is 0 Å². The van der Waals surface area contributed by atoms with Crippen LogP contribution in [0.4, 0.5) is 8.78 Å². The molecule has 0 bridgehead atoms. The van der Waals surface area contributed by atoms with Crippen molar-refractivity contribution in [3.05, 3.63) is 106 Å². The van der Waals surface area contributed by atoms with E-state index in [1.165, 1.54) is 6.07 Å². The number of amides is 2. The van der Waals surface area contributed by atoms with Crippen molar-refractivity contribution in [1.82, 2.24) is 20.8 Å². The Hall–Kier alpha value is -4.44. The van der Waals surface area contributed by atoms with Crippen LogP contribution in [0.2, 0.25) is 5.02 Å². The lowest BCUT2D eigenvalue weighted by atomic mass is 9.97. The molecule has 1 heterocycles. The zero-order valence-corrected chi connectivity index (χ0v) is 25.5. The van der Waals surface area contributed by atoms with Gasteiger partial charge in [-0.05, 0) is 42.3 Å². The van der Waals surface area contributed by atoms with Crippen LogP contribution in [0.15, 0.2) is 71.1 Å². The number of hydrogen-bond donors (Lipinski definition) is 2. The lowest BCUT2D eigenvalue weighted by molar-refractivity contribution is -0.123. The van der Waals surface area contributed by atoms with Crippen molar-refractivity contribution in [2.24, 2.45) is 0 Å². The second-order valence-corrected chi connectivity index (χ2v) is 11.8. The Labute approximate surface area is 259 Å². The molecule has 0 spiro atoms. The molecule has 0 radical (unpaired) electrons. The van der Waals surface area contributed by atoms with E-state index < -0.39 is 53.2 Å². The summed E-state index contributed by atoms with van der Waals surface area (Å²) in [4.78, 5) is 40.2. The lowest BCUT2D eigenvalue weighted by Crippen LogP contribution is -2.52. The van der Waals surface area contributed by atoms with Gasteiger partial charge in [-0.3, -0.25) is 14.4 Å². The van der Waals surface area contributed by atoms with Gasteiger partial charge in [0.15, 0.2) is 0 Å². The maximum Gasteiger partial charge on any atom is 0.286 e. The fourth-order valence-electron chi connectivity index (χ4n) is 4.48. The zero-order chi connectivity index (χ0) is 32.0. The van der Waals surface area contributed by atoms with Gasteiger partial charge < -0.3 is 15.1 Å². The number of halogens is 3. The Morgan fingerprint density at radius 3 is 2.14 bits per heavy atom. The average molecular weight is 623 g/mol. The molecule has 44 heavy (non-hydrogen) atoms. The first-order valence-electron chi connectivity index (χ1n) is 14.2. The average Bonchev–Trinajstić information content (AvgIpc) is 3.50. The predicted octanol–water partition coefficient (Wildman–Crippen LogP) is 6.47. The molecule has 230 valence electrons. The molecule has 0 saturated carbocycles. The molecule has 0 aliphatic heterocycles. The Morgan fingerprint density at radius 2 is 1.55 bits per heavy atom. The summed E-state index contributed by atoms with van der Waals surface area (Å²) in [5, 5.41) is 13.6. The Kier molecular flexibility index (Phi) is 10.3. The zero-order valence-electron chi connectivity index (χ0n) is 24.8. The summed E-state index contributed by atoms with van der Waals surface area (Å²) in [7, 11) is 0. The summed E-state index contributed by atoms with van der Waals surface area (Å²) < 4.78 is 34.8. The van der Waals surface area contributed by atoms with E-state index in [9.17, 15) is 23.2 Å². The molecular formula is C33H33ClF2N4O4. The quantitative estimate of drug-likeness (QED) is 0.185. The van der Waals surface area contributed by atoms with Crippen LogP contribution in [-0.4, -0.2) is 39.9 Å². The third-order valence-corrected chi connectivity index (χ3v) is 7.24. The maximum atomic E-state index is 14.6. The highest BCUT2D eigenvalue weighted by Gasteiger charge is 2.32. The van der Waals surface area contributed by atoms with Gasteiger partial charge in [0, 0.05) is 33.5 Å². The molecule has 0 aliphatic rings. The normalized spacial score (nSPS) is 12.8. The number of aromatic nitrogens is 2. The summed E-state index contributed by atoms with van der Waals surface area (Å²) in [6.07, 6.45) is 0.222. The van der Waals surface area contributed by atoms with Crippen LogP contribution >= 0.6 is 11.6 Å². The molecule has 0 saturated heterocycles. The third-order valence-electron chi connectivity index (χ3n) is 6.91. The van der Waals surface area contributed by atoms with E-state index in [1.54, 1.807) is 36.4 Å². The molecule has 0 fully saturated rings. The van der Waals surface area contributed by atoms with Crippen LogP contribution in [0.1, 0.15) is 73.0 Å². The number of carbonyl (C=O) groups is 3. The van der Waals surface area contributed by atoms with Gasteiger partial charge >= 0.3 is 0 Å². The largest absolute Gasteiger partial charge is 0.418 e. The van der Waals surface area contributed by atoms with Gasteiger partial charge in [-0.25, -0.2) is 8.78 Å². The Morgan fingerprint density at radius 1 is 0.886 bits per heavy atom. The molecule has 3 aromatic carbocycles. The molecule has 2 atom stereocenters. The molecule has 4 rings (SSSR count). The van der Waals surface area contributed by atoms with Gasteiger partial charge in [0.25, 0.3) is 11.8 Å². The van der Waals surface area contributed by atoms with E-state index in [0.717, 1.165) is 23.3 Å². The molecule has 4 aromatic rings. The summed E-state index contributed by atoms with van der Waals surface area (Å²) in [6, 6.07) is 14.6. The van der Waals surface area contributed by atoms with Gasteiger partial charge in [-0.1, -0.05) is 82.1 Å². The first-order valence-corrected chi connectivity index (χ1v) is 14.5. The molecule has 2 N–H and O–H groups in total. The van der Waals surface area contributed by atoms with Crippen LogP contribution in [0.25, 0.3) is 11.1 Å². The summed E-state index contributed by atoms with van der Waals surface area (Å²) in [5.41, 5.74) is 0.864. The highest BCUT2D eigenvalue weighted by molar-refractivity contribution is 6.33. The summed E-state index contributed by atoms with van der Waals surface area (Å²) in [5.74, 6) is -3.84. The van der Waals surface area contributed by atoms with E-state index in [1.807, 2.05) is 39.8 Å². The number of Topliss-reactive ketones (excluding diaryl/α,β-unsaturated/α-hetero) is 1. The summed E-state index contributed by atoms with van der Waals surface area (Å²) in [6.45, 7) is 7.36. The topological polar surface area (TPSA) is 114 Å². The van der Waals surface area contributed by atoms with Crippen molar-refractivity contribution >= 4 is 29.2 Å². The van der Waals surface area contributed by atoms with Crippen molar-refractivity contribution in [2.75, 3.05) is 0 Å². The Balaban J connectivity index is 1.58. The predicted molar refractivity (Wildman–Crippen MR) is 162 cm³/mol. The standard InChI is InChI=1S/C33H33ClF2N4O4/c1-5-9-26(28(41)31-39-40-32(44-31)33(2,3)4)37-30(43)27(18-22-24(35)12-8-13-25(22)36)38-29(42)20-16-14-19(15-17-20)21-10-6-7-11-23(21)34/h6-8,10-17,26-27H,5,9,18H2,1-4H3,(H,37,43)(H,38,42)/t26-,27?/m0/s1. The molecule has 0 aliphatic carbocycles. The molecule has 1 unspecified atom stereocenters. The van der Waals surface area contributed by atoms with Gasteiger partial charge in [0.1, 0.15) is 17.7 Å². The minimum Gasteiger partial charge on any atom is -0.418 e. The minimum atomic E-state index is -1.43. The molecule has 2 amide bonds. The Bertz CT molecular complexity index is 1630. The highest BCUT2D eigenvalue weighted by atomic mass is 35.5. The van der Waals surface area contributed by atoms with E-state index in [-0.39, 0.29) is 29.3 Å². The maximum absolute atomic E-state index is 14.6. The number of benzene rings is 3. The number of nitrogens with one attached hydrogen (secondary N) is 2. The molecular weight excluding hydrogens is 590 g/mol. The SMILES string of the molecule is CCC[C@H](NC(=O)C(Cc1c(F)cccc1F)NC(=O)c1ccc(-c2ccccc2Cl)cc1)C(=O)c1nnc(C(C)(C)C)o1. The van der Waals surface area contributed by atoms with E-state index >= 15 is 0 Å². The number of hydrogen-bond acceptors (Lipinski definition) is 6. The third kappa shape index (κ3) is 7.74. The van der Waals surface area contributed by atoms with Crippen LogP contribution in [0.5, 0.6) is 0 Å². The highest BCUT2D eigenvalue weighted by Crippen LogP contribution is 2.28. The molecule has 1 aromatic heterocycles. The minimum absolute atomic E-state index is 0.203. The van der Waals surface area contributed by atoms with Gasteiger partial charge in [-0.15, -0.1) is 10.2 Å². The van der Waals surface area contributed by atoms with Crippen molar-refractivity contribution in [3.63, 3.8) is 0 Å². The van der Waals surface area contributed by atoms with E-state index in [2.05, 4.69) is 20.8 Å². The molecule has 11 heteroatoms. The number of carbonyl (C=O) groups excluding carboxylic acids is 3. The second-order valence-electron chi connectivity index (χ2n) is 11.4.